The number of hydrogen-bond acceptors (Lipinski definition) is 4. The third-order valence-corrected chi connectivity index (χ3v) is 4.67. The second-order valence-corrected chi connectivity index (χ2v) is 7.64. The molecule has 3 N–H and O–H groups in total. The van der Waals surface area contributed by atoms with Crippen LogP contribution in [0.15, 0.2) is 66.7 Å². The maximum Gasteiger partial charge on any atom is 0.162 e. The highest BCUT2D eigenvalue weighted by atomic mass is 15.0. The van der Waals surface area contributed by atoms with E-state index in [1.54, 1.807) is 0 Å². The zero-order valence-electron chi connectivity index (χ0n) is 15.7. The fraction of sp³-hybridized carbons (Fsp3) is 0.217. The van der Waals surface area contributed by atoms with Crippen LogP contribution >= 0.6 is 0 Å². The van der Waals surface area contributed by atoms with Gasteiger partial charge in [-0.2, -0.15) is 0 Å². The van der Waals surface area contributed by atoms with Gasteiger partial charge in [0.25, 0.3) is 0 Å². The molecule has 27 heavy (non-hydrogen) atoms. The number of nitrogens with one attached hydrogen (secondary N) is 1. The van der Waals surface area contributed by atoms with Crippen molar-refractivity contribution in [2.75, 3.05) is 11.9 Å². The van der Waals surface area contributed by atoms with E-state index in [1.807, 2.05) is 32.0 Å². The summed E-state index contributed by atoms with van der Waals surface area (Å²) in [7, 11) is 0. The van der Waals surface area contributed by atoms with Gasteiger partial charge in [-0.3, -0.25) is 0 Å². The van der Waals surface area contributed by atoms with Crippen molar-refractivity contribution >= 4 is 27.5 Å². The monoisotopic (exact) mass is 356 g/mol. The standard InChI is InChI=1S/C23H24N4/c1-23(2,24)13-14-25-22-19-9-5-6-10-20(19)26-21(27-22)18-12-11-16-7-3-4-8-17(16)15-18/h3-12,15H,13-14,24H2,1-2H3,(H,25,26,27). The summed E-state index contributed by atoms with van der Waals surface area (Å²) >= 11 is 0. The summed E-state index contributed by atoms with van der Waals surface area (Å²) in [5.41, 5.74) is 7.85. The number of rotatable bonds is 5. The van der Waals surface area contributed by atoms with Crippen LogP contribution in [0.4, 0.5) is 5.82 Å². The van der Waals surface area contributed by atoms with Crippen LogP contribution in [-0.2, 0) is 0 Å². The zero-order valence-corrected chi connectivity index (χ0v) is 15.7. The number of nitrogens with two attached hydrogens (primary N) is 1. The Morgan fingerprint density at radius 1 is 0.889 bits per heavy atom. The van der Waals surface area contributed by atoms with Gasteiger partial charge >= 0.3 is 0 Å². The van der Waals surface area contributed by atoms with Crippen molar-refractivity contribution in [2.24, 2.45) is 5.73 Å². The normalized spacial score (nSPS) is 11.8. The number of para-hydroxylation sites is 1. The number of benzene rings is 3. The van der Waals surface area contributed by atoms with Gasteiger partial charge in [-0.05, 0) is 49.2 Å². The molecule has 0 fully saturated rings. The van der Waals surface area contributed by atoms with Crippen molar-refractivity contribution in [1.82, 2.24) is 9.97 Å². The molecule has 0 spiro atoms. The molecule has 0 unspecified atom stereocenters. The second kappa shape index (κ2) is 6.97. The average molecular weight is 356 g/mol. The summed E-state index contributed by atoms with van der Waals surface area (Å²) in [6.07, 6.45) is 0.858. The van der Waals surface area contributed by atoms with Gasteiger partial charge in [0, 0.05) is 23.0 Å². The summed E-state index contributed by atoms with van der Waals surface area (Å²) < 4.78 is 0. The Labute approximate surface area is 159 Å². The number of fused-ring (bicyclic) bond motifs is 2. The lowest BCUT2D eigenvalue weighted by molar-refractivity contribution is 0.490. The van der Waals surface area contributed by atoms with Crippen LogP contribution in [0.25, 0.3) is 33.1 Å². The van der Waals surface area contributed by atoms with Gasteiger partial charge in [0.2, 0.25) is 0 Å². The highest BCUT2D eigenvalue weighted by molar-refractivity contribution is 5.92. The Morgan fingerprint density at radius 2 is 1.63 bits per heavy atom. The van der Waals surface area contributed by atoms with Crippen LogP contribution in [-0.4, -0.2) is 22.1 Å². The van der Waals surface area contributed by atoms with Gasteiger partial charge in [0.05, 0.1) is 5.52 Å². The van der Waals surface area contributed by atoms with Crippen molar-refractivity contribution in [2.45, 2.75) is 25.8 Å². The molecule has 0 bridgehead atoms. The van der Waals surface area contributed by atoms with Gasteiger partial charge in [-0.1, -0.05) is 48.5 Å². The summed E-state index contributed by atoms with van der Waals surface area (Å²) in [6.45, 7) is 4.84. The first kappa shape index (κ1) is 17.4. The van der Waals surface area contributed by atoms with Crippen molar-refractivity contribution in [3.05, 3.63) is 66.7 Å². The fourth-order valence-corrected chi connectivity index (χ4v) is 3.17. The molecule has 4 heteroatoms. The molecular weight excluding hydrogens is 332 g/mol. The van der Waals surface area contributed by atoms with Crippen LogP contribution in [0.3, 0.4) is 0 Å². The van der Waals surface area contributed by atoms with Crippen LogP contribution in [0.2, 0.25) is 0 Å². The van der Waals surface area contributed by atoms with E-state index in [0.717, 1.165) is 41.1 Å². The van der Waals surface area contributed by atoms with E-state index in [2.05, 4.69) is 53.8 Å². The van der Waals surface area contributed by atoms with Crippen LogP contribution in [0.5, 0.6) is 0 Å². The van der Waals surface area contributed by atoms with Gasteiger partial charge in [-0.25, -0.2) is 9.97 Å². The van der Waals surface area contributed by atoms with E-state index < -0.39 is 0 Å². The predicted octanol–water partition coefficient (Wildman–Crippen LogP) is 4.99. The van der Waals surface area contributed by atoms with E-state index in [9.17, 15) is 0 Å². The minimum Gasteiger partial charge on any atom is -0.369 e. The lowest BCUT2D eigenvalue weighted by Crippen LogP contribution is -2.34. The molecule has 0 atom stereocenters. The molecule has 4 nitrogen and oxygen atoms in total. The second-order valence-electron chi connectivity index (χ2n) is 7.64. The van der Waals surface area contributed by atoms with Crippen molar-refractivity contribution in [3.63, 3.8) is 0 Å². The number of anilines is 1. The Balaban J connectivity index is 1.76. The lowest BCUT2D eigenvalue weighted by atomic mass is 10.0. The van der Waals surface area contributed by atoms with E-state index in [-0.39, 0.29) is 5.54 Å². The Kier molecular flexibility index (Phi) is 4.50. The minimum absolute atomic E-state index is 0.211. The molecule has 1 heterocycles. The molecule has 0 aliphatic rings. The summed E-state index contributed by atoms with van der Waals surface area (Å²) in [5, 5.41) is 6.89. The zero-order chi connectivity index (χ0) is 18.9. The first-order valence-corrected chi connectivity index (χ1v) is 9.28. The number of aromatic nitrogens is 2. The van der Waals surface area contributed by atoms with E-state index in [0.29, 0.717) is 0 Å². The number of nitrogens with zero attached hydrogens (tertiary/aromatic N) is 2. The summed E-state index contributed by atoms with van der Waals surface area (Å²) in [6, 6.07) is 22.8. The molecule has 3 aromatic carbocycles. The molecule has 136 valence electrons. The van der Waals surface area contributed by atoms with Gasteiger partial charge in [0.15, 0.2) is 5.82 Å². The van der Waals surface area contributed by atoms with Gasteiger partial charge in [0.1, 0.15) is 5.82 Å². The molecular formula is C23H24N4. The highest BCUT2D eigenvalue weighted by Crippen LogP contribution is 2.27. The third kappa shape index (κ3) is 3.91. The van der Waals surface area contributed by atoms with E-state index >= 15 is 0 Å². The number of hydrogen-bond donors (Lipinski definition) is 2. The predicted molar refractivity (Wildman–Crippen MR) is 114 cm³/mol. The van der Waals surface area contributed by atoms with Crippen molar-refractivity contribution < 1.29 is 0 Å². The van der Waals surface area contributed by atoms with Gasteiger partial charge < -0.3 is 11.1 Å². The quantitative estimate of drug-likeness (QED) is 0.529. The first-order valence-electron chi connectivity index (χ1n) is 9.28. The summed E-state index contributed by atoms with van der Waals surface area (Å²) in [4.78, 5) is 9.63. The molecule has 4 aromatic rings. The fourth-order valence-electron chi connectivity index (χ4n) is 3.17. The van der Waals surface area contributed by atoms with E-state index in [1.165, 1.54) is 10.8 Å². The molecule has 0 aliphatic heterocycles. The maximum absolute atomic E-state index is 6.11. The lowest BCUT2D eigenvalue weighted by Gasteiger charge is -2.19. The average Bonchev–Trinajstić information content (AvgIpc) is 2.66. The minimum atomic E-state index is -0.211. The van der Waals surface area contributed by atoms with Crippen LogP contribution in [0.1, 0.15) is 20.3 Å². The van der Waals surface area contributed by atoms with Crippen molar-refractivity contribution in [1.29, 1.82) is 0 Å². The summed E-state index contributed by atoms with van der Waals surface area (Å²) in [5.74, 6) is 1.59. The Hall–Kier alpha value is -2.98. The Bertz CT molecular complexity index is 1100. The van der Waals surface area contributed by atoms with E-state index in [4.69, 9.17) is 15.7 Å². The Morgan fingerprint density at radius 3 is 2.44 bits per heavy atom. The SMILES string of the molecule is CC(C)(N)CCNc1nc(-c2ccc3ccccc3c2)nc2ccccc12. The molecule has 0 saturated heterocycles. The molecule has 0 amide bonds. The van der Waals surface area contributed by atoms with Crippen LogP contribution in [0, 0.1) is 0 Å². The highest BCUT2D eigenvalue weighted by Gasteiger charge is 2.12. The van der Waals surface area contributed by atoms with Crippen molar-refractivity contribution in [3.8, 4) is 11.4 Å². The molecule has 0 radical (unpaired) electrons. The molecule has 0 saturated carbocycles. The maximum atomic E-state index is 6.11. The third-order valence-electron chi connectivity index (χ3n) is 4.67. The topological polar surface area (TPSA) is 63.8 Å². The van der Waals surface area contributed by atoms with Gasteiger partial charge in [-0.15, -0.1) is 0 Å². The molecule has 4 rings (SSSR count). The largest absolute Gasteiger partial charge is 0.369 e. The molecule has 1 aromatic heterocycles. The molecule has 0 aliphatic carbocycles. The van der Waals surface area contributed by atoms with Crippen LogP contribution < -0.4 is 11.1 Å². The first-order chi connectivity index (χ1) is 13.0. The smallest absolute Gasteiger partial charge is 0.162 e.